The molecule has 5 N–H and O–H groups in total. The number of sulfonamides is 1. The zero-order valence-corrected chi connectivity index (χ0v) is 12.3. The molecule has 0 bridgehead atoms. The van der Waals surface area contributed by atoms with Gasteiger partial charge in [0.05, 0.1) is 11.9 Å². The second kappa shape index (κ2) is 5.91. The predicted octanol–water partition coefficient (Wildman–Crippen LogP) is 0.805. The van der Waals surface area contributed by atoms with Gasteiger partial charge in [-0.05, 0) is 23.6 Å². The highest BCUT2D eigenvalue weighted by atomic mass is 32.2. The Bertz CT molecular complexity index is 638. The summed E-state index contributed by atoms with van der Waals surface area (Å²) in [4.78, 5) is 11.7. The van der Waals surface area contributed by atoms with E-state index in [0.717, 1.165) is 11.8 Å². The van der Waals surface area contributed by atoms with Crippen LogP contribution in [-0.2, 0) is 10.0 Å². The minimum atomic E-state index is -3.45. The standard InChI is InChI=1S/C12H18N4O3S/c1-7(2)9-5-4-8(11(17)15-12(13)14)6-10(9)16-20(3,18)19/h4-7,16H,1-3H3,(H4,13,14,15,17). The van der Waals surface area contributed by atoms with E-state index in [2.05, 4.69) is 10.0 Å². The van der Waals surface area contributed by atoms with Gasteiger partial charge in [-0.15, -0.1) is 0 Å². The number of carbonyl (C=O) groups is 1. The van der Waals surface area contributed by atoms with E-state index >= 15 is 0 Å². The van der Waals surface area contributed by atoms with Crippen molar-refractivity contribution < 1.29 is 13.2 Å². The van der Waals surface area contributed by atoms with Gasteiger partial charge in [-0.1, -0.05) is 19.9 Å². The van der Waals surface area contributed by atoms with Gasteiger partial charge in [0.15, 0.2) is 5.96 Å². The minimum Gasteiger partial charge on any atom is -0.370 e. The molecular weight excluding hydrogens is 280 g/mol. The molecule has 0 saturated heterocycles. The summed E-state index contributed by atoms with van der Waals surface area (Å²) in [6.45, 7) is 3.83. The van der Waals surface area contributed by atoms with Gasteiger partial charge in [-0.2, -0.15) is 0 Å². The van der Waals surface area contributed by atoms with E-state index in [1.165, 1.54) is 6.07 Å². The first-order valence-electron chi connectivity index (χ1n) is 5.87. The number of nitrogens with one attached hydrogen (secondary N) is 3. The fourth-order valence-electron chi connectivity index (χ4n) is 1.68. The molecule has 0 unspecified atom stereocenters. The van der Waals surface area contributed by atoms with Gasteiger partial charge in [0.2, 0.25) is 10.0 Å². The Hall–Kier alpha value is -2.09. The minimum absolute atomic E-state index is 0.0872. The number of amides is 1. The van der Waals surface area contributed by atoms with Gasteiger partial charge < -0.3 is 5.73 Å². The molecular formula is C12H18N4O3S. The molecule has 1 amide bonds. The molecule has 0 aliphatic carbocycles. The molecule has 20 heavy (non-hydrogen) atoms. The van der Waals surface area contributed by atoms with Crippen molar-refractivity contribution in [2.75, 3.05) is 11.0 Å². The lowest BCUT2D eigenvalue weighted by Gasteiger charge is -2.15. The summed E-state index contributed by atoms with van der Waals surface area (Å²) in [6, 6.07) is 4.66. The molecule has 8 heteroatoms. The van der Waals surface area contributed by atoms with E-state index < -0.39 is 21.9 Å². The van der Waals surface area contributed by atoms with E-state index in [0.29, 0.717) is 5.69 Å². The smallest absolute Gasteiger partial charge is 0.258 e. The van der Waals surface area contributed by atoms with Crippen LogP contribution in [0, 0.1) is 5.41 Å². The highest BCUT2D eigenvalue weighted by Crippen LogP contribution is 2.26. The molecule has 0 radical (unpaired) electrons. The van der Waals surface area contributed by atoms with E-state index in [-0.39, 0.29) is 11.5 Å². The molecule has 0 aliphatic heterocycles. The lowest BCUT2D eigenvalue weighted by Crippen LogP contribution is -2.35. The van der Waals surface area contributed by atoms with Crippen molar-refractivity contribution in [1.82, 2.24) is 5.32 Å². The zero-order chi connectivity index (χ0) is 15.5. The molecule has 0 aromatic heterocycles. The Morgan fingerprint density at radius 3 is 2.40 bits per heavy atom. The number of rotatable bonds is 4. The van der Waals surface area contributed by atoms with Crippen LogP contribution in [0.5, 0.6) is 0 Å². The third kappa shape index (κ3) is 4.54. The maximum atomic E-state index is 11.7. The number of carbonyl (C=O) groups excluding carboxylic acids is 1. The fraction of sp³-hybridized carbons (Fsp3) is 0.333. The fourth-order valence-corrected chi connectivity index (χ4v) is 2.26. The summed E-state index contributed by atoms with van der Waals surface area (Å²) in [7, 11) is -3.45. The summed E-state index contributed by atoms with van der Waals surface area (Å²) in [5.41, 5.74) is 6.43. The number of guanidine groups is 1. The molecule has 1 aromatic carbocycles. The summed E-state index contributed by atoms with van der Waals surface area (Å²) in [6.07, 6.45) is 1.04. The van der Waals surface area contributed by atoms with Crippen LogP contribution in [0.1, 0.15) is 35.7 Å². The average Bonchev–Trinajstić information content (AvgIpc) is 2.25. The van der Waals surface area contributed by atoms with E-state index in [1.54, 1.807) is 12.1 Å². The van der Waals surface area contributed by atoms with Gasteiger partial charge in [0.25, 0.3) is 5.91 Å². The molecule has 0 atom stereocenters. The number of anilines is 1. The SMILES string of the molecule is CC(C)c1ccc(C(=O)NC(=N)N)cc1NS(C)(=O)=O. The number of benzene rings is 1. The number of hydrogen-bond donors (Lipinski definition) is 4. The maximum absolute atomic E-state index is 11.7. The summed E-state index contributed by atoms with van der Waals surface area (Å²) >= 11 is 0. The lowest BCUT2D eigenvalue weighted by atomic mass is 9.99. The van der Waals surface area contributed by atoms with Crippen molar-refractivity contribution in [1.29, 1.82) is 5.41 Å². The first-order valence-corrected chi connectivity index (χ1v) is 7.76. The molecule has 0 heterocycles. The van der Waals surface area contributed by atoms with Crippen LogP contribution in [0.25, 0.3) is 0 Å². The van der Waals surface area contributed by atoms with Crippen LogP contribution >= 0.6 is 0 Å². The Labute approximate surface area is 118 Å². The normalized spacial score (nSPS) is 11.2. The van der Waals surface area contributed by atoms with E-state index in [4.69, 9.17) is 11.1 Å². The van der Waals surface area contributed by atoms with Crippen LogP contribution in [0.3, 0.4) is 0 Å². The van der Waals surface area contributed by atoms with Crippen molar-refractivity contribution in [3.63, 3.8) is 0 Å². The molecule has 0 spiro atoms. The predicted molar refractivity (Wildman–Crippen MR) is 78.4 cm³/mol. The highest BCUT2D eigenvalue weighted by molar-refractivity contribution is 7.92. The van der Waals surface area contributed by atoms with Crippen LogP contribution in [0.2, 0.25) is 0 Å². The van der Waals surface area contributed by atoms with Crippen LogP contribution in [0.4, 0.5) is 5.69 Å². The van der Waals surface area contributed by atoms with Crippen molar-refractivity contribution >= 4 is 27.6 Å². The van der Waals surface area contributed by atoms with Crippen molar-refractivity contribution in [2.24, 2.45) is 5.73 Å². The third-order valence-electron chi connectivity index (χ3n) is 2.48. The number of hydrogen-bond acceptors (Lipinski definition) is 4. The molecule has 0 saturated carbocycles. The zero-order valence-electron chi connectivity index (χ0n) is 11.5. The first kappa shape index (κ1) is 16.0. The topological polar surface area (TPSA) is 125 Å². The summed E-state index contributed by atoms with van der Waals surface area (Å²) < 4.78 is 25.1. The molecule has 1 aromatic rings. The van der Waals surface area contributed by atoms with Crippen LogP contribution < -0.4 is 15.8 Å². The van der Waals surface area contributed by atoms with Gasteiger partial charge in [-0.3, -0.25) is 20.2 Å². The second-order valence-corrected chi connectivity index (χ2v) is 6.45. The first-order chi connectivity index (χ1) is 9.10. The van der Waals surface area contributed by atoms with Gasteiger partial charge in [-0.25, -0.2) is 8.42 Å². The van der Waals surface area contributed by atoms with E-state index in [9.17, 15) is 13.2 Å². The summed E-state index contributed by atoms with van der Waals surface area (Å²) in [5.74, 6) is -0.950. The van der Waals surface area contributed by atoms with Gasteiger partial charge in [0.1, 0.15) is 0 Å². The third-order valence-corrected chi connectivity index (χ3v) is 3.07. The molecule has 110 valence electrons. The molecule has 0 fully saturated rings. The van der Waals surface area contributed by atoms with E-state index in [1.807, 2.05) is 13.8 Å². The van der Waals surface area contributed by atoms with Crippen LogP contribution in [0.15, 0.2) is 18.2 Å². The quantitative estimate of drug-likeness (QED) is 0.484. The van der Waals surface area contributed by atoms with Gasteiger partial charge >= 0.3 is 0 Å². The molecule has 1 rings (SSSR count). The highest BCUT2D eigenvalue weighted by Gasteiger charge is 2.14. The molecule has 7 nitrogen and oxygen atoms in total. The Morgan fingerprint density at radius 1 is 1.35 bits per heavy atom. The second-order valence-electron chi connectivity index (χ2n) is 4.70. The monoisotopic (exact) mass is 298 g/mol. The number of nitrogens with two attached hydrogens (primary N) is 1. The molecule has 0 aliphatic rings. The largest absolute Gasteiger partial charge is 0.370 e. The Balaban J connectivity index is 3.23. The average molecular weight is 298 g/mol. The lowest BCUT2D eigenvalue weighted by molar-refractivity contribution is 0.0976. The summed E-state index contributed by atoms with van der Waals surface area (Å²) in [5, 5.41) is 9.16. The maximum Gasteiger partial charge on any atom is 0.258 e. The van der Waals surface area contributed by atoms with Crippen molar-refractivity contribution in [3.05, 3.63) is 29.3 Å². The van der Waals surface area contributed by atoms with Crippen LogP contribution in [-0.4, -0.2) is 26.5 Å². The Kier molecular flexibility index (Phi) is 4.72. The van der Waals surface area contributed by atoms with Gasteiger partial charge in [0, 0.05) is 5.56 Å². The Morgan fingerprint density at radius 2 is 1.95 bits per heavy atom. The van der Waals surface area contributed by atoms with Crippen molar-refractivity contribution in [3.8, 4) is 0 Å². The van der Waals surface area contributed by atoms with Crippen molar-refractivity contribution in [2.45, 2.75) is 19.8 Å².